The predicted octanol–water partition coefficient (Wildman–Crippen LogP) is 3.55. The van der Waals surface area contributed by atoms with Crippen LogP contribution >= 0.6 is 11.6 Å². The van der Waals surface area contributed by atoms with Crippen molar-refractivity contribution >= 4 is 40.5 Å². The third kappa shape index (κ3) is 5.74. The lowest BCUT2D eigenvalue weighted by Gasteiger charge is -2.40. The van der Waals surface area contributed by atoms with Gasteiger partial charge in [0.2, 0.25) is 0 Å². The molecule has 34 heavy (non-hydrogen) atoms. The highest BCUT2D eigenvalue weighted by Crippen LogP contribution is 2.35. The SMILES string of the molecule is CNC(=O)c1cc(COC(=O)NCCC2(C)CCN(c3cnc4cc(Cl)ccc4n3)CC2)on1. The summed E-state index contributed by atoms with van der Waals surface area (Å²) in [5.74, 6) is 0.801. The number of halogens is 1. The van der Waals surface area contributed by atoms with Gasteiger partial charge in [0.25, 0.3) is 5.91 Å². The van der Waals surface area contributed by atoms with Crippen LogP contribution in [0.3, 0.4) is 0 Å². The first-order valence-corrected chi connectivity index (χ1v) is 11.5. The number of carbonyl (C=O) groups is 2. The first kappa shape index (κ1) is 23.7. The smallest absolute Gasteiger partial charge is 0.407 e. The molecule has 0 aliphatic carbocycles. The Morgan fingerprint density at radius 1 is 1.24 bits per heavy atom. The van der Waals surface area contributed by atoms with Crippen molar-refractivity contribution < 1.29 is 18.8 Å². The molecule has 4 rings (SSSR count). The van der Waals surface area contributed by atoms with Crippen LogP contribution in [0.2, 0.25) is 5.02 Å². The molecule has 2 N–H and O–H groups in total. The minimum absolute atomic E-state index is 0.0962. The molecule has 0 spiro atoms. The highest BCUT2D eigenvalue weighted by molar-refractivity contribution is 6.31. The first-order chi connectivity index (χ1) is 16.3. The summed E-state index contributed by atoms with van der Waals surface area (Å²) in [6.45, 7) is 4.38. The van der Waals surface area contributed by atoms with Gasteiger partial charge in [-0.15, -0.1) is 0 Å². The average molecular weight is 487 g/mol. The molecule has 1 aliphatic heterocycles. The van der Waals surface area contributed by atoms with E-state index in [0.29, 0.717) is 17.3 Å². The Hall–Kier alpha value is -3.40. The summed E-state index contributed by atoms with van der Waals surface area (Å²) in [7, 11) is 1.50. The number of benzene rings is 1. The van der Waals surface area contributed by atoms with Crippen LogP contribution < -0.4 is 15.5 Å². The van der Waals surface area contributed by atoms with Gasteiger partial charge in [0.1, 0.15) is 5.82 Å². The van der Waals surface area contributed by atoms with E-state index in [4.69, 9.17) is 25.8 Å². The Balaban J connectivity index is 1.20. The van der Waals surface area contributed by atoms with E-state index in [2.05, 4.69) is 32.6 Å². The van der Waals surface area contributed by atoms with Crippen LogP contribution in [0.5, 0.6) is 0 Å². The molecule has 3 heterocycles. The molecule has 1 fully saturated rings. The lowest BCUT2D eigenvalue weighted by Crippen LogP contribution is -2.41. The maximum atomic E-state index is 12.0. The van der Waals surface area contributed by atoms with Crippen molar-refractivity contribution in [2.24, 2.45) is 5.41 Å². The lowest BCUT2D eigenvalue weighted by molar-refractivity contribution is 0.0952. The van der Waals surface area contributed by atoms with Gasteiger partial charge in [-0.1, -0.05) is 23.7 Å². The number of hydrogen-bond donors (Lipinski definition) is 2. The fourth-order valence-corrected chi connectivity index (χ4v) is 4.09. The van der Waals surface area contributed by atoms with Crippen LogP contribution in [0.4, 0.5) is 10.6 Å². The van der Waals surface area contributed by atoms with Gasteiger partial charge in [0, 0.05) is 37.8 Å². The summed E-state index contributed by atoms with van der Waals surface area (Å²) < 4.78 is 10.1. The fraction of sp³-hybridized carbons (Fsp3) is 0.435. The number of hydrogen-bond acceptors (Lipinski definition) is 8. The molecular formula is C23H27ClN6O4. The lowest BCUT2D eigenvalue weighted by atomic mass is 9.77. The summed E-state index contributed by atoms with van der Waals surface area (Å²) in [6.07, 6.45) is 4.05. The third-order valence-electron chi connectivity index (χ3n) is 6.15. The quantitative estimate of drug-likeness (QED) is 0.519. The number of ether oxygens (including phenoxy) is 1. The molecule has 2 amide bonds. The van der Waals surface area contributed by atoms with Gasteiger partial charge in [-0.05, 0) is 42.9 Å². The number of nitrogens with zero attached hydrogens (tertiary/aromatic N) is 4. The molecule has 2 aromatic heterocycles. The third-order valence-corrected chi connectivity index (χ3v) is 6.38. The largest absolute Gasteiger partial charge is 0.441 e. The van der Waals surface area contributed by atoms with Crippen LogP contribution in [0, 0.1) is 5.41 Å². The van der Waals surface area contributed by atoms with Crippen molar-refractivity contribution in [3.63, 3.8) is 0 Å². The molecule has 0 unspecified atom stereocenters. The van der Waals surface area contributed by atoms with E-state index in [1.54, 1.807) is 6.20 Å². The van der Waals surface area contributed by atoms with Crippen LogP contribution in [0.15, 0.2) is 35.0 Å². The molecule has 1 aromatic carbocycles. The number of fused-ring (bicyclic) bond motifs is 1. The summed E-state index contributed by atoms with van der Waals surface area (Å²) in [5.41, 5.74) is 1.86. The summed E-state index contributed by atoms with van der Waals surface area (Å²) in [6, 6.07) is 6.96. The summed E-state index contributed by atoms with van der Waals surface area (Å²) in [5, 5.41) is 9.51. The molecule has 0 bridgehead atoms. The van der Waals surface area contributed by atoms with E-state index in [9.17, 15) is 9.59 Å². The van der Waals surface area contributed by atoms with Gasteiger partial charge in [0.05, 0.1) is 17.2 Å². The van der Waals surface area contributed by atoms with E-state index in [-0.39, 0.29) is 23.6 Å². The van der Waals surface area contributed by atoms with E-state index in [1.165, 1.54) is 13.1 Å². The summed E-state index contributed by atoms with van der Waals surface area (Å²) in [4.78, 5) is 35.0. The van der Waals surface area contributed by atoms with Gasteiger partial charge >= 0.3 is 6.09 Å². The molecule has 180 valence electrons. The molecule has 0 saturated carbocycles. The number of amides is 2. The van der Waals surface area contributed by atoms with Crippen molar-refractivity contribution in [2.45, 2.75) is 32.8 Å². The number of carbonyl (C=O) groups excluding carboxylic acids is 2. The number of anilines is 1. The molecule has 3 aromatic rings. The minimum Gasteiger partial charge on any atom is -0.441 e. The molecule has 1 saturated heterocycles. The topological polar surface area (TPSA) is 122 Å². The minimum atomic E-state index is -0.537. The van der Waals surface area contributed by atoms with Crippen LogP contribution in [0.25, 0.3) is 11.0 Å². The molecule has 0 atom stereocenters. The monoisotopic (exact) mass is 486 g/mol. The van der Waals surface area contributed by atoms with Crippen molar-refractivity contribution in [1.82, 2.24) is 25.8 Å². The fourth-order valence-electron chi connectivity index (χ4n) is 3.92. The highest BCUT2D eigenvalue weighted by Gasteiger charge is 2.30. The maximum Gasteiger partial charge on any atom is 0.407 e. The van der Waals surface area contributed by atoms with Crippen molar-refractivity contribution in [3.05, 3.63) is 46.9 Å². The van der Waals surface area contributed by atoms with Gasteiger partial charge in [0.15, 0.2) is 18.1 Å². The zero-order valence-corrected chi connectivity index (χ0v) is 19.9. The van der Waals surface area contributed by atoms with Gasteiger partial charge in [-0.2, -0.15) is 0 Å². The second-order valence-electron chi connectivity index (χ2n) is 8.67. The van der Waals surface area contributed by atoms with E-state index in [1.807, 2.05) is 18.2 Å². The average Bonchev–Trinajstić information content (AvgIpc) is 3.31. The number of alkyl carbamates (subject to hydrolysis) is 1. The van der Waals surface area contributed by atoms with E-state index in [0.717, 1.165) is 49.2 Å². The first-order valence-electron chi connectivity index (χ1n) is 11.1. The molecule has 0 radical (unpaired) electrons. The van der Waals surface area contributed by atoms with Crippen LogP contribution in [-0.4, -0.2) is 53.8 Å². The van der Waals surface area contributed by atoms with Crippen LogP contribution in [-0.2, 0) is 11.3 Å². The summed E-state index contributed by atoms with van der Waals surface area (Å²) >= 11 is 6.03. The van der Waals surface area contributed by atoms with Crippen molar-refractivity contribution in [1.29, 1.82) is 0 Å². The Kier molecular flexibility index (Phi) is 7.16. The maximum absolute atomic E-state index is 12.0. The zero-order chi connectivity index (χ0) is 24.1. The number of nitrogens with one attached hydrogen (secondary N) is 2. The molecule has 10 nitrogen and oxygen atoms in total. The van der Waals surface area contributed by atoms with Gasteiger partial charge < -0.3 is 24.8 Å². The number of rotatable bonds is 7. The predicted molar refractivity (Wildman–Crippen MR) is 127 cm³/mol. The molecular weight excluding hydrogens is 460 g/mol. The molecule has 1 aliphatic rings. The van der Waals surface area contributed by atoms with E-state index < -0.39 is 6.09 Å². The van der Waals surface area contributed by atoms with Gasteiger partial charge in [-0.25, -0.2) is 9.78 Å². The van der Waals surface area contributed by atoms with Crippen molar-refractivity contribution in [2.75, 3.05) is 31.6 Å². The Morgan fingerprint density at radius 2 is 2.03 bits per heavy atom. The molecule has 11 heteroatoms. The normalized spacial score (nSPS) is 15.2. The standard InChI is InChI=1S/C23H27ClN6O4/c1-23(5-8-26-22(32)33-14-16-12-19(29-34-16)21(31)25-2)6-9-30(10-7-23)20-13-27-18-11-15(24)3-4-17(18)28-20/h3-4,11-13H,5-10,14H2,1-2H3,(H,25,31)(H,26,32). The second kappa shape index (κ2) is 10.3. The van der Waals surface area contributed by atoms with Crippen molar-refractivity contribution in [3.8, 4) is 0 Å². The highest BCUT2D eigenvalue weighted by atomic mass is 35.5. The Labute approximate surface area is 202 Å². The number of aromatic nitrogens is 3. The Morgan fingerprint density at radius 3 is 2.79 bits per heavy atom. The number of piperidine rings is 1. The second-order valence-corrected chi connectivity index (χ2v) is 9.11. The van der Waals surface area contributed by atoms with E-state index >= 15 is 0 Å². The van der Waals surface area contributed by atoms with Crippen LogP contribution in [0.1, 0.15) is 42.4 Å². The Bertz CT molecular complexity index is 1180. The zero-order valence-electron chi connectivity index (χ0n) is 19.1. The van der Waals surface area contributed by atoms with Gasteiger partial charge in [-0.3, -0.25) is 9.78 Å².